The summed E-state index contributed by atoms with van der Waals surface area (Å²) < 4.78 is 19.4. The van der Waals surface area contributed by atoms with E-state index in [2.05, 4.69) is 0 Å². The second kappa shape index (κ2) is 7.34. The summed E-state index contributed by atoms with van der Waals surface area (Å²) in [4.78, 5) is 27.1. The Labute approximate surface area is 145 Å². The molecule has 1 amide bonds. The average Bonchev–Trinajstić information content (AvgIpc) is 3.13. The van der Waals surface area contributed by atoms with E-state index in [-0.39, 0.29) is 11.7 Å². The minimum Gasteiger partial charge on any atom is -0.465 e. The largest absolute Gasteiger partial charge is 0.465 e. The summed E-state index contributed by atoms with van der Waals surface area (Å²) in [6, 6.07) is 8.05. The lowest BCUT2D eigenvalue weighted by atomic mass is 10.1. The average molecular weight is 342 g/mol. The van der Waals surface area contributed by atoms with Gasteiger partial charge < -0.3 is 14.2 Å². The van der Waals surface area contributed by atoms with Crippen molar-refractivity contribution in [2.24, 2.45) is 0 Å². The highest BCUT2D eigenvalue weighted by Crippen LogP contribution is 2.22. The van der Waals surface area contributed by atoms with E-state index in [9.17, 15) is 14.0 Å². The molecule has 1 aliphatic rings. The monoisotopic (exact) mass is 342 g/mol. The van der Waals surface area contributed by atoms with Gasteiger partial charge in [-0.2, -0.15) is 0 Å². The van der Waals surface area contributed by atoms with E-state index in [0.29, 0.717) is 43.2 Å². The zero-order valence-corrected chi connectivity index (χ0v) is 13.9. The first-order valence-corrected chi connectivity index (χ1v) is 8.10. The Kier molecular flexibility index (Phi) is 4.97. The van der Waals surface area contributed by atoms with Gasteiger partial charge in [-0.1, -0.05) is 0 Å². The highest BCUT2D eigenvalue weighted by atomic mass is 19.1. The molecule has 2 aromatic rings. The van der Waals surface area contributed by atoms with Gasteiger partial charge in [0.1, 0.15) is 11.6 Å². The molecule has 1 fully saturated rings. The Morgan fingerprint density at radius 3 is 2.52 bits per heavy atom. The number of ketones is 1. The molecule has 6 heteroatoms. The molecule has 0 spiro atoms. The first-order valence-electron chi connectivity index (χ1n) is 8.10. The van der Waals surface area contributed by atoms with Crippen molar-refractivity contribution in [2.75, 3.05) is 31.1 Å². The van der Waals surface area contributed by atoms with E-state index in [1.807, 2.05) is 4.90 Å². The molecule has 2 heterocycles. The second-order valence-corrected chi connectivity index (χ2v) is 5.88. The zero-order valence-electron chi connectivity index (χ0n) is 13.9. The van der Waals surface area contributed by atoms with Crippen LogP contribution in [0, 0.1) is 5.82 Å². The highest BCUT2D eigenvalue weighted by molar-refractivity contribution is 5.94. The highest BCUT2D eigenvalue weighted by Gasteiger charge is 2.22. The predicted octanol–water partition coefficient (Wildman–Crippen LogP) is 2.98. The van der Waals surface area contributed by atoms with Crippen LogP contribution in [0.3, 0.4) is 0 Å². The van der Waals surface area contributed by atoms with Crippen LogP contribution in [0.25, 0.3) is 6.08 Å². The van der Waals surface area contributed by atoms with Crippen LogP contribution in [0.5, 0.6) is 0 Å². The Balaban J connectivity index is 1.60. The molecule has 0 N–H and O–H groups in total. The van der Waals surface area contributed by atoms with Crippen molar-refractivity contribution in [2.45, 2.75) is 6.92 Å². The summed E-state index contributed by atoms with van der Waals surface area (Å²) in [5, 5.41) is 0. The van der Waals surface area contributed by atoms with E-state index in [0.717, 1.165) is 0 Å². The third kappa shape index (κ3) is 3.96. The molecule has 5 nitrogen and oxygen atoms in total. The SMILES string of the molecule is CC(=O)c1ccc(N2CCN(C(=O)/C=C\c3ccco3)CC2)c(F)c1. The van der Waals surface area contributed by atoms with Crippen molar-refractivity contribution >= 4 is 23.5 Å². The van der Waals surface area contributed by atoms with E-state index in [1.165, 1.54) is 19.1 Å². The van der Waals surface area contributed by atoms with Gasteiger partial charge >= 0.3 is 0 Å². The first kappa shape index (κ1) is 17.0. The fraction of sp³-hybridized carbons (Fsp3) is 0.263. The van der Waals surface area contributed by atoms with E-state index in [1.54, 1.807) is 41.5 Å². The minimum absolute atomic E-state index is 0.0940. The molecule has 25 heavy (non-hydrogen) atoms. The lowest BCUT2D eigenvalue weighted by Crippen LogP contribution is -2.48. The number of amides is 1. The third-order valence-corrected chi connectivity index (χ3v) is 4.22. The van der Waals surface area contributed by atoms with Crippen molar-refractivity contribution in [3.05, 3.63) is 59.8 Å². The summed E-state index contributed by atoms with van der Waals surface area (Å²) in [7, 11) is 0. The summed E-state index contributed by atoms with van der Waals surface area (Å²) >= 11 is 0. The standard InChI is InChI=1S/C19H19FN2O3/c1-14(23)15-4-6-18(17(20)13-15)21-8-10-22(11-9-21)19(24)7-5-16-3-2-12-25-16/h2-7,12-13H,8-11H2,1H3/b7-5-. The number of rotatable bonds is 4. The maximum Gasteiger partial charge on any atom is 0.246 e. The molecule has 0 bridgehead atoms. The fourth-order valence-electron chi connectivity index (χ4n) is 2.80. The molecule has 1 aliphatic heterocycles. The van der Waals surface area contributed by atoms with Gasteiger partial charge in [0, 0.05) is 37.8 Å². The van der Waals surface area contributed by atoms with Gasteiger partial charge in [-0.15, -0.1) is 0 Å². The number of hydrogen-bond donors (Lipinski definition) is 0. The maximum absolute atomic E-state index is 14.2. The lowest BCUT2D eigenvalue weighted by molar-refractivity contribution is -0.126. The van der Waals surface area contributed by atoms with Gasteiger partial charge in [-0.3, -0.25) is 9.59 Å². The van der Waals surface area contributed by atoms with Crippen LogP contribution < -0.4 is 4.90 Å². The van der Waals surface area contributed by atoms with Gasteiger partial charge in [0.15, 0.2) is 5.78 Å². The number of benzene rings is 1. The summed E-state index contributed by atoms with van der Waals surface area (Å²) in [5.74, 6) is -0.0440. The number of nitrogens with zero attached hydrogens (tertiary/aromatic N) is 2. The summed E-state index contributed by atoms with van der Waals surface area (Å²) in [6.07, 6.45) is 4.67. The first-order chi connectivity index (χ1) is 12.0. The topological polar surface area (TPSA) is 53.8 Å². The Hall–Kier alpha value is -2.89. The third-order valence-electron chi connectivity index (χ3n) is 4.22. The van der Waals surface area contributed by atoms with Crippen molar-refractivity contribution in [3.8, 4) is 0 Å². The molecule has 0 radical (unpaired) electrons. The molecule has 0 unspecified atom stereocenters. The number of halogens is 1. The summed E-state index contributed by atoms with van der Waals surface area (Å²) in [5.41, 5.74) is 0.821. The van der Waals surface area contributed by atoms with Gasteiger partial charge in [0.2, 0.25) is 5.91 Å². The van der Waals surface area contributed by atoms with Crippen molar-refractivity contribution in [1.29, 1.82) is 0 Å². The number of furan rings is 1. The van der Waals surface area contributed by atoms with Crippen LogP contribution in [0.1, 0.15) is 23.0 Å². The van der Waals surface area contributed by atoms with Gasteiger partial charge in [-0.25, -0.2) is 4.39 Å². The smallest absolute Gasteiger partial charge is 0.246 e. The van der Waals surface area contributed by atoms with Crippen LogP contribution in [-0.2, 0) is 4.79 Å². The van der Waals surface area contributed by atoms with E-state index < -0.39 is 5.82 Å². The van der Waals surface area contributed by atoms with Crippen LogP contribution in [0.2, 0.25) is 0 Å². The number of piperazine rings is 1. The fourth-order valence-corrected chi connectivity index (χ4v) is 2.80. The zero-order chi connectivity index (χ0) is 17.8. The molecular formula is C19H19FN2O3. The number of Topliss-reactive ketones (excluding diaryl/α,β-unsaturated/α-hetero) is 1. The molecule has 1 saturated heterocycles. The maximum atomic E-state index is 14.2. The van der Waals surface area contributed by atoms with Gasteiger partial charge in [-0.05, 0) is 43.3 Å². The van der Waals surface area contributed by atoms with Crippen LogP contribution in [0.15, 0.2) is 47.1 Å². The number of hydrogen-bond acceptors (Lipinski definition) is 4. The molecule has 1 aromatic carbocycles. The van der Waals surface area contributed by atoms with Crippen molar-refractivity contribution in [1.82, 2.24) is 4.90 Å². The molecule has 0 atom stereocenters. The van der Waals surface area contributed by atoms with Gasteiger partial charge in [0.05, 0.1) is 12.0 Å². The Morgan fingerprint density at radius 2 is 1.92 bits per heavy atom. The molecule has 0 aliphatic carbocycles. The quantitative estimate of drug-likeness (QED) is 0.633. The minimum atomic E-state index is -0.412. The van der Waals surface area contributed by atoms with Crippen molar-refractivity contribution < 1.29 is 18.4 Å². The molecule has 130 valence electrons. The van der Waals surface area contributed by atoms with Crippen LogP contribution >= 0.6 is 0 Å². The van der Waals surface area contributed by atoms with Gasteiger partial charge in [0.25, 0.3) is 0 Å². The van der Waals surface area contributed by atoms with Crippen LogP contribution in [0.4, 0.5) is 10.1 Å². The Morgan fingerprint density at radius 1 is 1.16 bits per heavy atom. The second-order valence-electron chi connectivity index (χ2n) is 5.88. The molecular weight excluding hydrogens is 323 g/mol. The molecule has 1 aromatic heterocycles. The van der Waals surface area contributed by atoms with E-state index in [4.69, 9.17) is 4.42 Å². The molecule has 3 rings (SSSR count). The number of carbonyl (C=O) groups is 2. The van der Waals surface area contributed by atoms with Crippen LogP contribution in [-0.4, -0.2) is 42.8 Å². The number of carbonyl (C=O) groups excluding carboxylic acids is 2. The Bertz CT molecular complexity index is 791. The van der Waals surface area contributed by atoms with Crippen molar-refractivity contribution in [3.63, 3.8) is 0 Å². The summed E-state index contributed by atoms with van der Waals surface area (Å²) in [6.45, 7) is 3.51. The lowest BCUT2D eigenvalue weighted by Gasteiger charge is -2.35. The normalized spacial score (nSPS) is 15.0. The number of anilines is 1. The van der Waals surface area contributed by atoms with E-state index >= 15 is 0 Å². The predicted molar refractivity (Wildman–Crippen MR) is 92.9 cm³/mol. The molecule has 0 saturated carbocycles.